The summed E-state index contributed by atoms with van der Waals surface area (Å²) in [6.45, 7) is 5.95. The predicted octanol–water partition coefficient (Wildman–Crippen LogP) is 5.31. The number of hydrogen-bond donors (Lipinski definition) is 3. The molecule has 0 aliphatic carbocycles. The van der Waals surface area contributed by atoms with Crippen molar-refractivity contribution in [2.75, 3.05) is 32.9 Å². The van der Waals surface area contributed by atoms with Gasteiger partial charge >= 0.3 is 0 Å². The molecule has 1 saturated heterocycles. The van der Waals surface area contributed by atoms with Gasteiger partial charge in [-0.3, -0.25) is 4.90 Å². The number of aliphatic hydroxyl groups excluding tert-OH is 1. The molecular formula is C29H27BrN4O3. The fourth-order valence-electron chi connectivity index (χ4n) is 6.79. The van der Waals surface area contributed by atoms with E-state index in [0.717, 1.165) is 83.0 Å². The molecule has 3 aromatic carbocycles. The number of nitrogens with zero attached hydrogens (tertiary/aromatic N) is 3. The fraction of sp³-hybridized carbons (Fsp3) is 0.310. The number of fused-ring (bicyclic) bond motifs is 9. The van der Waals surface area contributed by atoms with E-state index < -0.39 is 0 Å². The Labute approximate surface area is 220 Å². The summed E-state index contributed by atoms with van der Waals surface area (Å²) in [5.74, 6) is 0.278. The molecule has 188 valence electrons. The summed E-state index contributed by atoms with van der Waals surface area (Å²) in [5, 5.41) is 27.9. The molecule has 2 aliphatic rings. The molecule has 1 unspecified atom stereocenters. The third kappa shape index (κ3) is 3.04. The molecular weight excluding hydrogens is 532 g/mol. The van der Waals surface area contributed by atoms with Crippen molar-refractivity contribution in [3.63, 3.8) is 0 Å². The fourth-order valence-corrected chi connectivity index (χ4v) is 7.16. The second-order valence-corrected chi connectivity index (χ2v) is 11.5. The van der Waals surface area contributed by atoms with Crippen molar-refractivity contribution >= 4 is 70.3 Å². The van der Waals surface area contributed by atoms with E-state index in [-0.39, 0.29) is 18.4 Å². The van der Waals surface area contributed by atoms with Gasteiger partial charge in [-0.1, -0.05) is 22.0 Å². The lowest BCUT2D eigenvalue weighted by Crippen LogP contribution is -2.35. The maximum Gasteiger partial charge on any atom is 0.197 e. The van der Waals surface area contributed by atoms with Crippen LogP contribution in [-0.4, -0.2) is 62.1 Å². The van der Waals surface area contributed by atoms with Crippen LogP contribution in [0.25, 0.3) is 54.4 Å². The van der Waals surface area contributed by atoms with Crippen LogP contribution in [0.15, 0.2) is 47.1 Å². The number of aromatic amines is 1. The van der Waals surface area contributed by atoms with Crippen LogP contribution in [0.5, 0.6) is 5.88 Å². The molecule has 0 bridgehead atoms. The highest BCUT2D eigenvalue weighted by molar-refractivity contribution is 9.10. The molecule has 8 rings (SSSR count). The highest BCUT2D eigenvalue weighted by Crippen LogP contribution is 2.48. The first-order valence-electron chi connectivity index (χ1n) is 12.9. The normalized spacial score (nSPS) is 18.8. The van der Waals surface area contributed by atoms with Gasteiger partial charge in [0.1, 0.15) is 0 Å². The number of ether oxygens (including phenoxy) is 1. The SMILES string of the molecule is OCC1Cn2c3ccc(CN4CCOCC4)cc3c3c4c[nH]c(O)c4c4c5cc(Br)ccc5n(c4c32)C1. The third-order valence-electron chi connectivity index (χ3n) is 8.41. The van der Waals surface area contributed by atoms with Crippen molar-refractivity contribution < 1.29 is 14.9 Å². The number of benzene rings is 3. The van der Waals surface area contributed by atoms with Gasteiger partial charge in [-0.25, -0.2) is 0 Å². The Morgan fingerprint density at radius 2 is 1.59 bits per heavy atom. The quantitative estimate of drug-likeness (QED) is 0.275. The monoisotopic (exact) mass is 558 g/mol. The van der Waals surface area contributed by atoms with Crippen molar-refractivity contribution in [2.24, 2.45) is 5.92 Å². The van der Waals surface area contributed by atoms with Gasteiger partial charge in [0.2, 0.25) is 0 Å². The van der Waals surface area contributed by atoms with E-state index in [1.54, 1.807) is 0 Å². The molecule has 7 nitrogen and oxygen atoms in total. The summed E-state index contributed by atoms with van der Waals surface area (Å²) in [5.41, 5.74) is 5.89. The maximum absolute atomic E-state index is 11.1. The molecule has 1 fully saturated rings. The summed E-state index contributed by atoms with van der Waals surface area (Å²) in [6, 6.07) is 13.2. The number of aromatic nitrogens is 3. The van der Waals surface area contributed by atoms with E-state index in [9.17, 15) is 10.2 Å². The standard InChI is InChI=1S/C29H27BrN4O3/c30-18-2-4-23-20(10-18)25-26-21(11-31-29(26)36)24-19-9-16(12-32-5-7-37-8-6-32)1-3-22(19)33-13-17(15-35)14-34(23)28(25)27(24)33/h1-4,9-11,17,31,35-36H,5-8,12-15H2. The van der Waals surface area contributed by atoms with Gasteiger partial charge in [0, 0.05) is 93.9 Å². The summed E-state index contributed by atoms with van der Waals surface area (Å²) in [7, 11) is 0. The number of H-pyrrole nitrogens is 1. The Morgan fingerprint density at radius 3 is 2.35 bits per heavy atom. The van der Waals surface area contributed by atoms with Crippen LogP contribution < -0.4 is 0 Å². The second kappa shape index (κ2) is 7.98. The lowest BCUT2D eigenvalue weighted by atomic mass is 10.0. The van der Waals surface area contributed by atoms with Gasteiger partial charge in [0.25, 0.3) is 0 Å². The largest absolute Gasteiger partial charge is 0.494 e. The van der Waals surface area contributed by atoms with Crippen molar-refractivity contribution in [3.05, 3.63) is 52.6 Å². The molecule has 2 aliphatic heterocycles. The first-order valence-corrected chi connectivity index (χ1v) is 13.7. The average Bonchev–Trinajstić information content (AvgIpc) is 3.49. The van der Waals surface area contributed by atoms with Gasteiger partial charge in [0.05, 0.1) is 29.6 Å². The van der Waals surface area contributed by atoms with E-state index in [4.69, 9.17) is 4.74 Å². The Hall–Kier alpha value is -3.04. The molecule has 5 heterocycles. The van der Waals surface area contributed by atoms with Crippen LogP contribution in [0, 0.1) is 5.92 Å². The maximum atomic E-state index is 11.1. The van der Waals surface area contributed by atoms with Gasteiger partial charge in [-0.05, 0) is 35.9 Å². The summed E-state index contributed by atoms with van der Waals surface area (Å²) in [6.07, 6.45) is 1.95. The molecule has 0 saturated carbocycles. The molecule has 0 spiro atoms. The second-order valence-electron chi connectivity index (χ2n) is 10.5. The molecule has 3 N–H and O–H groups in total. The topological polar surface area (TPSA) is 78.6 Å². The lowest BCUT2D eigenvalue weighted by Gasteiger charge is -2.26. The number of aromatic hydroxyl groups is 1. The molecule has 3 aromatic heterocycles. The summed E-state index contributed by atoms with van der Waals surface area (Å²) >= 11 is 3.67. The first-order chi connectivity index (χ1) is 18.1. The Bertz CT molecular complexity index is 1880. The van der Waals surface area contributed by atoms with E-state index in [1.807, 2.05) is 6.20 Å². The van der Waals surface area contributed by atoms with Crippen LogP contribution in [0.1, 0.15) is 5.56 Å². The number of nitrogens with one attached hydrogen (secondary N) is 1. The van der Waals surface area contributed by atoms with E-state index in [2.05, 4.69) is 71.3 Å². The molecule has 0 radical (unpaired) electrons. The molecule has 0 amide bonds. The zero-order valence-corrected chi connectivity index (χ0v) is 21.9. The summed E-state index contributed by atoms with van der Waals surface area (Å²) in [4.78, 5) is 5.57. The van der Waals surface area contributed by atoms with Crippen molar-refractivity contribution in [3.8, 4) is 5.88 Å². The minimum absolute atomic E-state index is 0.0798. The predicted molar refractivity (Wildman–Crippen MR) is 150 cm³/mol. The van der Waals surface area contributed by atoms with Crippen molar-refractivity contribution in [2.45, 2.75) is 19.6 Å². The zero-order chi connectivity index (χ0) is 24.8. The molecule has 37 heavy (non-hydrogen) atoms. The van der Waals surface area contributed by atoms with Crippen molar-refractivity contribution in [1.82, 2.24) is 19.0 Å². The van der Waals surface area contributed by atoms with Crippen molar-refractivity contribution in [1.29, 1.82) is 0 Å². The molecule has 1 atom stereocenters. The number of morpholine rings is 1. The van der Waals surface area contributed by atoms with E-state index >= 15 is 0 Å². The Balaban J connectivity index is 1.53. The lowest BCUT2D eigenvalue weighted by molar-refractivity contribution is 0.0342. The van der Waals surface area contributed by atoms with Gasteiger partial charge < -0.3 is 29.1 Å². The average molecular weight is 559 g/mol. The summed E-state index contributed by atoms with van der Waals surface area (Å²) < 4.78 is 11.3. The minimum atomic E-state index is 0.0798. The minimum Gasteiger partial charge on any atom is -0.494 e. The third-order valence-corrected chi connectivity index (χ3v) is 8.90. The Morgan fingerprint density at radius 1 is 0.892 bits per heavy atom. The zero-order valence-electron chi connectivity index (χ0n) is 20.3. The van der Waals surface area contributed by atoms with Crippen LogP contribution in [0.2, 0.25) is 0 Å². The number of hydrogen-bond acceptors (Lipinski definition) is 4. The van der Waals surface area contributed by atoms with E-state index in [1.165, 1.54) is 27.4 Å². The highest BCUT2D eigenvalue weighted by atomic mass is 79.9. The van der Waals surface area contributed by atoms with Crippen LogP contribution in [0.4, 0.5) is 0 Å². The number of aliphatic hydroxyl groups is 1. The number of rotatable bonds is 3. The Kier molecular flexibility index (Phi) is 4.74. The highest BCUT2D eigenvalue weighted by Gasteiger charge is 2.29. The number of halogens is 1. The smallest absolute Gasteiger partial charge is 0.197 e. The van der Waals surface area contributed by atoms with Gasteiger partial charge in [0.15, 0.2) is 5.88 Å². The van der Waals surface area contributed by atoms with Gasteiger partial charge in [-0.15, -0.1) is 0 Å². The first kappa shape index (κ1) is 22.0. The van der Waals surface area contributed by atoms with E-state index in [0.29, 0.717) is 0 Å². The van der Waals surface area contributed by atoms with Gasteiger partial charge in [-0.2, -0.15) is 0 Å². The van der Waals surface area contributed by atoms with Crippen LogP contribution in [-0.2, 0) is 24.4 Å². The van der Waals surface area contributed by atoms with Crippen LogP contribution >= 0.6 is 15.9 Å². The molecule has 6 aromatic rings. The molecule has 8 heteroatoms. The van der Waals surface area contributed by atoms with Crippen LogP contribution in [0.3, 0.4) is 0 Å².